The van der Waals surface area contributed by atoms with E-state index in [1.807, 2.05) is 0 Å². The number of ether oxygens (including phenoxy) is 1. The van der Waals surface area contributed by atoms with Gasteiger partial charge < -0.3 is 15.8 Å². The second-order valence-electron chi connectivity index (χ2n) is 4.35. The van der Waals surface area contributed by atoms with Crippen molar-refractivity contribution >= 4 is 11.6 Å². The topological polar surface area (TPSA) is 82.2 Å². The first-order valence-electron chi connectivity index (χ1n) is 5.79. The Morgan fingerprint density at radius 3 is 3.18 bits per heavy atom. The summed E-state index contributed by atoms with van der Waals surface area (Å²) in [6, 6.07) is 0.125. The van der Waals surface area contributed by atoms with E-state index in [1.165, 1.54) is 10.9 Å². The molecule has 1 aromatic heterocycles. The molecule has 0 spiro atoms. The van der Waals surface area contributed by atoms with E-state index in [0.717, 1.165) is 19.3 Å². The number of carbonyl (C=O) groups excluding carboxylic acids is 1. The Labute approximate surface area is 100 Å². The van der Waals surface area contributed by atoms with Gasteiger partial charge >= 0.3 is 0 Å². The smallest absolute Gasteiger partial charge is 0.242 e. The number of amides is 1. The summed E-state index contributed by atoms with van der Waals surface area (Å²) < 4.78 is 6.85. The van der Waals surface area contributed by atoms with Gasteiger partial charge in [-0.2, -0.15) is 5.10 Å². The molecular weight excluding hydrogens is 220 g/mol. The lowest BCUT2D eigenvalue weighted by Gasteiger charge is -2.19. The van der Waals surface area contributed by atoms with E-state index in [-0.39, 0.29) is 24.6 Å². The molecular formula is C11H18N4O2. The summed E-state index contributed by atoms with van der Waals surface area (Å²) in [5.74, 6) is -0.0537. The molecule has 6 heteroatoms. The predicted molar refractivity (Wildman–Crippen MR) is 63.2 cm³/mol. The molecule has 2 unspecified atom stereocenters. The van der Waals surface area contributed by atoms with Crippen LogP contribution >= 0.6 is 0 Å². The molecule has 2 rings (SSSR count). The molecule has 17 heavy (non-hydrogen) atoms. The highest BCUT2D eigenvalue weighted by atomic mass is 16.5. The molecule has 1 saturated carbocycles. The second-order valence-corrected chi connectivity index (χ2v) is 4.35. The number of methoxy groups -OCH3 is 1. The molecule has 1 aromatic rings. The molecule has 1 aliphatic carbocycles. The number of rotatable bonds is 4. The Morgan fingerprint density at radius 1 is 1.71 bits per heavy atom. The van der Waals surface area contributed by atoms with Crippen molar-refractivity contribution < 1.29 is 9.53 Å². The van der Waals surface area contributed by atoms with Crippen molar-refractivity contribution in [1.29, 1.82) is 0 Å². The van der Waals surface area contributed by atoms with Gasteiger partial charge in [-0.05, 0) is 19.3 Å². The fourth-order valence-electron chi connectivity index (χ4n) is 2.24. The molecule has 0 aliphatic heterocycles. The van der Waals surface area contributed by atoms with Crippen molar-refractivity contribution in [3.63, 3.8) is 0 Å². The molecule has 1 aliphatic rings. The van der Waals surface area contributed by atoms with Crippen LogP contribution in [0.4, 0.5) is 5.69 Å². The number of hydrogen-bond acceptors (Lipinski definition) is 4. The lowest BCUT2D eigenvalue weighted by Crippen LogP contribution is -2.42. The van der Waals surface area contributed by atoms with Gasteiger partial charge in [0.2, 0.25) is 5.91 Å². The molecule has 3 N–H and O–H groups in total. The van der Waals surface area contributed by atoms with E-state index >= 15 is 0 Å². The average Bonchev–Trinajstić information content (AvgIpc) is 2.87. The molecule has 1 heterocycles. The molecule has 94 valence electrons. The Balaban J connectivity index is 1.85. The third-order valence-corrected chi connectivity index (χ3v) is 3.06. The third kappa shape index (κ3) is 2.97. The molecule has 0 radical (unpaired) electrons. The Morgan fingerprint density at radius 2 is 2.53 bits per heavy atom. The summed E-state index contributed by atoms with van der Waals surface area (Å²) in [5.41, 5.74) is 6.09. The molecule has 1 amide bonds. The summed E-state index contributed by atoms with van der Waals surface area (Å²) >= 11 is 0. The molecule has 1 fully saturated rings. The number of nitrogens with zero attached hydrogens (tertiary/aromatic N) is 2. The highest BCUT2D eigenvalue weighted by Gasteiger charge is 2.28. The minimum Gasteiger partial charge on any atom is -0.396 e. The van der Waals surface area contributed by atoms with Gasteiger partial charge in [-0.3, -0.25) is 9.48 Å². The third-order valence-electron chi connectivity index (χ3n) is 3.06. The number of carbonyl (C=O) groups is 1. The number of anilines is 1. The second kappa shape index (κ2) is 5.18. The van der Waals surface area contributed by atoms with Gasteiger partial charge in [-0.25, -0.2) is 0 Å². The van der Waals surface area contributed by atoms with Gasteiger partial charge in [0.25, 0.3) is 0 Å². The molecule has 0 saturated heterocycles. The first-order valence-corrected chi connectivity index (χ1v) is 5.79. The van der Waals surface area contributed by atoms with Crippen LogP contribution in [-0.2, 0) is 16.1 Å². The van der Waals surface area contributed by atoms with E-state index in [4.69, 9.17) is 10.5 Å². The molecule has 6 nitrogen and oxygen atoms in total. The maximum Gasteiger partial charge on any atom is 0.242 e. The van der Waals surface area contributed by atoms with Gasteiger partial charge in [0.15, 0.2) is 0 Å². The van der Waals surface area contributed by atoms with Crippen LogP contribution in [0.25, 0.3) is 0 Å². The number of aromatic nitrogens is 2. The van der Waals surface area contributed by atoms with E-state index in [2.05, 4.69) is 10.4 Å². The summed E-state index contributed by atoms with van der Waals surface area (Å²) in [5, 5.41) is 6.94. The van der Waals surface area contributed by atoms with Gasteiger partial charge in [0.1, 0.15) is 6.54 Å². The summed E-state index contributed by atoms with van der Waals surface area (Å²) in [4.78, 5) is 11.8. The van der Waals surface area contributed by atoms with E-state index in [9.17, 15) is 4.79 Å². The molecule has 2 atom stereocenters. The normalized spacial score (nSPS) is 23.8. The lowest BCUT2D eigenvalue weighted by atomic mass is 10.2. The zero-order valence-corrected chi connectivity index (χ0v) is 9.93. The van der Waals surface area contributed by atoms with Crippen LogP contribution in [0.1, 0.15) is 19.3 Å². The zero-order valence-electron chi connectivity index (χ0n) is 9.93. The SMILES string of the molecule is COC1CCCC1NC(=O)Cn1cc(N)cn1. The van der Waals surface area contributed by atoms with Crippen molar-refractivity contribution in [2.45, 2.75) is 38.0 Å². The van der Waals surface area contributed by atoms with Crippen molar-refractivity contribution in [2.24, 2.45) is 0 Å². The maximum atomic E-state index is 11.8. The van der Waals surface area contributed by atoms with Crippen molar-refractivity contribution in [2.75, 3.05) is 12.8 Å². The van der Waals surface area contributed by atoms with Crippen LogP contribution in [0, 0.1) is 0 Å². The molecule has 0 bridgehead atoms. The Bertz CT molecular complexity index is 391. The standard InChI is InChI=1S/C11H18N4O2/c1-17-10-4-2-3-9(10)14-11(16)7-15-6-8(12)5-13-15/h5-6,9-10H,2-4,7,12H2,1H3,(H,14,16). The quantitative estimate of drug-likeness (QED) is 0.782. The van der Waals surface area contributed by atoms with Gasteiger partial charge in [-0.15, -0.1) is 0 Å². The number of nitrogen functional groups attached to an aromatic ring is 1. The van der Waals surface area contributed by atoms with Crippen molar-refractivity contribution in [1.82, 2.24) is 15.1 Å². The first kappa shape index (κ1) is 11.9. The highest BCUT2D eigenvalue weighted by Crippen LogP contribution is 2.21. The number of nitrogens with one attached hydrogen (secondary N) is 1. The Kier molecular flexibility index (Phi) is 3.63. The van der Waals surface area contributed by atoms with Gasteiger partial charge in [0, 0.05) is 13.3 Å². The molecule has 0 aromatic carbocycles. The van der Waals surface area contributed by atoms with Crippen LogP contribution in [0.2, 0.25) is 0 Å². The summed E-state index contributed by atoms with van der Waals surface area (Å²) in [6.45, 7) is 0.199. The van der Waals surface area contributed by atoms with E-state index in [1.54, 1.807) is 13.3 Å². The lowest BCUT2D eigenvalue weighted by molar-refractivity contribution is -0.123. The fraction of sp³-hybridized carbons (Fsp3) is 0.636. The van der Waals surface area contributed by atoms with Gasteiger partial charge in [-0.1, -0.05) is 0 Å². The van der Waals surface area contributed by atoms with Crippen LogP contribution in [-0.4, -0.2) is 34.9 Å². The summed E-state index contributed by atoms with van der Waals surface area (Å²) in [6.07, 6.45) is 6.39. The van der Waals surface area contributed by atoms with Crippen LogP contribution in [0.15, 0.2) is 12.4 Å². The van der Waals surface area contributed by atoms with Crippen molar-refractivity contribution in [3.8, 4) is 0 Å². The first-order chi connectivity index (χ1) is 8.19. The van der Waals surface area contributed by atoms with E-state index in [0.29, 0.717) is 5.69 Å². The summed E-state index contributed by atoms with van der Waals surface area (Å²) in [7, 11) is 1.68. The zero-order chi connectivity index (χ0) is 12.3. The van der Waals surface area contributed by atoms with Crippen LogP contribution in [0.3, 0.4) is 0 Å². The number of hydrogen-bond donors (Lipinski definition) is 2. The fourth-order valence-corrected chi connectivity index (χ4v) is 2.24. The monoisotopic (exact) mass is 238 g/mol. The van der Waals surface area contributed by atoms with Gasteiger partial charge in [0.05, 0.1) is 24.0 Å². The van der Waals surface area contributed by atoms with Crippen molar-refractivity contribution in [3.05, 3.63) is 12.4 Å². The average molecular weight is 238 g/mol. The predicted octanol–water partition coefficient (Wildman–Crippen LogP) is 0.149. The highest BCUT2D eigenvalue weighted by molar-refractivity contribution is 5.76. The number of nitrogens with two attached hydrogens (primary N) is 1. The largest absolute Gasteiger partial charge is 0.396 e. The Hall–Kier alpha value is -1.56. The van der Waals surface area contributed by atoms with E-state index < -0.39 is 0 Å². The maximum absolute atomic E-state index is 11.8. The van der Waals surface area contributed by atoms with Crippen LogP contribution < -0.4 is 11.1 Å². The minimum absolute atomic E-state index is 0.0537. The van der Waals surface area contributed by atoms with Crippen LogP contribution in [0.5, 0.6) is 0 Å². The minimum atomic E-state index is -0.0537.